The first-order valence-electron chi connectivity index (χ1n) is 8.18. The molecule has 23 heavy (non-hydrogen) atoms. The molecule has 0 aliphatic rings. The van der Waals surface area contributed by atoms with Crippen LogP contribution in [0.2, 0.25) is 0 Å². The summed E-state index contributed by atoms with van der Waals surface area (Å²) in [5, 5.41) is 13.5. The molecule has 1 amide bonds. The molecule has 0 saturated carbocycles. The van der Waals surface area contributed by atoms with Crippen molar-refractivity contribution < 1.29 is 9.90 Å². The van der Waals surface area contributed by atoms with Gasteiger partial charge in [-0.05, 0) is 36.5 Å². The lowest BCUT2D eigenvalue weighted by Crippen LogP contribution is -2.31. The van der Waals surface area contributed by atoms with Gasteiger partial charge in [-0.25, -0.2) is 0 Å². The number of hydrogen-bond donors (Lipinski definition) is 2. The molecule has 2 aromatic rings. The minimum atomic E-state index is -0.950. The minimum absolute atomic E-state index is 0.0442. The maximum atomic E-state index is 11.5. The molecule has 0 saturated heterocycles. The van der Waals surface area contributed by atoms with Crippen LogP contribution in [0.3, 0.4) is 0 Å². The summed E-state index contributed by atoms with van der Waals surface area (Å²) in [5.74, 6) is 0.0442. The van der Waals surface area contributed by atoms with E-state index in [-0.39, 0.29) is 5.91 Å². The van der Waals surface area contributed by atoms with Crippen molar-refractivity contribution >= 4 is 5.91 Å². The van der Waals surface area contributed by atoms with E-state index in [1.807, 2.05) is 49.4 Å². The van der Waals surface area contributed by atoms with Crippen molar-refractivity contribution in [3.63, 3.8) is 0 Å². The SMILES string of the molecule is CCCC(=O)NCCC(C)(O)c1ccc(-c2ccccc2)cc1. The highest BCUT2D eigenvalue weighted by Gasteiger charge is 2.22. The maximum absolute atomic E-state index is 11.5. The van der Waals surface area contributed by atoms with Crippen LogP contribution >= 0.6 is 0 Å². The second-order valence-electron chi connectivity index (χ2n) is 6.07. The predicted octanol–water partition coefficient (Wildman–Crippen LogP) is 3.87. The van der Waals surface area contributed by atoms with Crippen LogP contribution in [0.5, 0.6) is 0 Å². The van der Waals surface area contributed by atoms with E-state index in [9.17, 15) is 9.90 Å². The average Bonchev–Trinajstić information content (AvgIpc) is 2.56. The Kier molecular flexibility index (Phi) is 5.94. The largest absolute Gasteiger partial charge is 0.385 e. The van der Waals surface area contributed by atoms with Crippen molar-refractivity contribution in [3.8, 4) is 11.1 Å². The Morgan fingerprint density at radius 3 is 2.26 bits per heavy atom. The lowest BCUT2D eigenvalue weighted by Gasteiger charge is -2.24. The van der Waals surface area contributed by atoms with E-state index in [0.717, 1.165) is 23.1 Å². The number of aliphatic hydroxyl groups is 1. The first-order valence-corrected chi connectivity index (χ1v) is 8.18. The van der Waals surface area contributed by atoms with Gasteiger partial charge in [0.05, 0.1) is 5.60 Å². The van der Waals surface area contributed by atoms with E-state index in [1.54, 1.807) is 6.92 Å². The number of nitrogens with one attached hydrogen (secondary N) is 1. The molecule has 2 N–H and O–H groups in total. The predicted molar refractivity (Wildman–Crippen MR) is 94.0 cm³/mol. The van der Waals surface area contributed by atoms with Crippen LogP contribution in [0.15, 0.2) is 54.6 Å². The van der Waals surface area contributed by atoms with Crippen LogP contribution in [0.4, 0.5) is 0 Å². The fourth-order valence-electron chi connectivity index (χ4n) is 2.56. The molecule has 0 aliphatic heterocycles. The van der Waals surface area contributed by atoms with E-state index in [0.29, 0.717) is 19.4 Å². The number of hydrogen-bond acceptors (Lipinski definition) is 2. The van der Waals surface area contributed by atoms with Crippen LogP contribution in [0.1, 0.15) is 38.7 Å². The van der Waals surface area contributed by atoms with Gasteiger partial charge >= 0.3 is 0 Å². The third kappa shape index (κ3) is 4.93. The summed E-state index contributed by atoms with van der Waals surface area (Å²) in [6.07, 6.45) is 1.87. The maximum Gasteiger partial charge on any atom is 0.219 e. The monoisotopic (exact) mass is 311 g/mol. The zero-order valence-electron chi connectivity index (χ0n) is 13.9. The molecule has 1 atom stereocenters. The summed E-state index contributed by atoms with van der Waals surface area (Å²) in [5.41, 5.74) is 2.20. The third-order valence-corrected chi connectivity index (χ3v) is 4.02. The fraction of sp³-hybridized carbons (Fsp3) is 0.350. The van der Waals surface area contributed by atoms with Gasteiger partial charge in [0.15, 0.2) is 0 Å². The summed E-state index contributed by atoms with van der Waals surface area (Å²) in [6.45, 7) is 4.24. The van der Waals surface area contributed by atoms with Crippen LogP contribution in [-0.4, -0.2) is 17.6 Å². The lowest BCUT2D eigenvalue weighted by molar-refractivity contribution is -0.121. The van der Waals surface area contributed by atoms with Gasteiger partial charge in [-0.1, -0.05) is 61.5 Å². The van der Waals surface area contributed by atoms with Crippen molar-refractivity contribution in [1.29, 1.82) is 0 Å². The number of benzene rings is 2. The molecule has 2 rings (SSSR count). The van der Waals surface area contributed by atoms with E-state index >= 15 is 0 Å². The Morgan fingerprint density at radius 2 is 1.65 bits per heavy atom. The van der Waals surface area contributed by atoms with E-state index in [1.165, 1.54) is 0 Å². The van der Waals surface area contributed by atoms with Gasteiger partial charge in [-0.15, -0.1) is 0 Å². The molecule has 1 unspecified atom stereocenters. The molecular weight excluding hydrogens is 286 g/mol. The summed E-state index contributed by atoms with van der Waals surface area (Å²) < 4.78 is 0. The molecule has 3 nitrogen and oxygen atoms in total. The topological polar surface area (TPSA) is 49.3 Å². The van der Waals surface area contributed by atoms with E-state index in [2.05, 4.69) is 17.4 Å². The van der Waals surface area contributed by atoms with Gasteiger partial charge in [0, 0.05) is 13.0 Å². The third-order valence-electron chi connectivity index (χ3n) is 4.02. The highest BCUT2D eigenvalue weighted by atomic mass is 16.3. The molecule has 122 valence electrons. The zero-order valence-corrected chi connectivity index (χ0v) is 13.9. The minimum Gasteiger partial charge on any atom is -0.385 e. The van der Waals surface area contributed by atoms with Gasteiger partial charge in [0.25, 0.3) is 0 Å². The molecule has 0 aromatic heterocycles. The van der Waals surface area contributed by atoms with Crippen molar-refractivity contribution in [2.45, 2.75) is 38.7 Å². The fourth-order valence-corrected chi connectivity index (χ4v) is 2.56. The average molecular weight is 311 g/mol. The summed E-state index contributed by atoms with van der Waals surface area (Å²) in [7, 11) is 0. The van der Waals surface area contributed by atoms with Gasteiger partial charge < -0.3 is 10.4 Å². The Balaban J connectivity index is 1.98. The van der Waals surface area contributed by atoms with Crippen molar-refractivity contribution in [1.82, 2.24) is 5.32 Å². The molecular formula is C20H25NO2. The Labute approximate surface area is 138 Å². The second kappa shape index (κ2) is 7.93. The summed E-state index contributed by atoms with van der Waals surface area (Å²) >= 11 is 0. The number of carbonyl (C=O) groups is 1. The first-order chi connectivity index (χ1) is 11.0. The van der Waals surface area contributed by atoms with E-state index in [4.69, 9.17) is 0 Å². The molecule has 0 radical (unpaired) electrons. The number of carbonyl (C=O) groups excluding carboxylic acids is 1. The highest BCUT2D eigenvalue weighted by molar-refractivity contribution is 5.75. The smallest absolute Gasteiger partial charge is 0.219 e. The van der Waals surface area contributed by atoms with Crippen LogP contribution in [-0.2, 0) is 10.4 Å². The summed E-state index contributed by atoms with van der Waals surface area (Å²) in [6, 6.07) is 18.1. The number of amides is 1. The molecule has 0 fully saturated rings. The molecule has 0 bridgehead atoms. The molecule has 3 heteroatoms. The standard InChI is InChI=1S/C20H25NO2/c1-3-7-19(22)21-15-14-20(2,23)18-12-10-17(11-13-18)16-8-5-4-6-9-16/h4-6,8-13,23H,3,7,14-15H2,1-2H3,(H,21,22). The zero-order chi connectivity index (χ0) is 16.7. The first kappa shape index (κ1) is 17.2. The Morgan fingerprint density at radius 1 is 1.04 bits per heavy atom. The molecule has 0 aliphatic carbocycles. The molecule has 2 aromatic carbocycles. The normalized spacial score (nSPS) is 13.3. The molecule has 0 spiro atoms. The van der Waals surface area contributed by atoms with Gasteiger partial charge in [0.2, 0.25) is 5.91 Å². The number of rotatable bonds is 7. The van der Waals surface area contributed by atoms with Crippen LogP contribution in [0.25, 0.3) is 11.1 Å². The van der Waals surface area contributed by atoms with Crippen LogP contribution in [0, 0.1) is 0 Å². The van der Waals surface area contributed by atoms with Crippen molar-refractivity contribution in [3.05, 3.63) is 60.2 Å². The summed E-state index contributed by atoms with van der Waals surface area (Å²) in [4.78, 5) is 11.5. The van der Waals surface area contributed by atoms with Crippen molar-refractivity contribution in [2.75, 3.05) is 6.54 Å². The van der Waals surface area contributed by atoms with Gasteiger partial charge in [-0.3, -0.25) is 4.79 Å². The Bertz CT molecular complexity index is 618. The van der Waals surface area contributed by atoms with Gasteiger partial charge in [-0.2, -0.15) is 0 Å². The quantitative estimate of drug-likeness (QED) is 0.815. The molecule has 0 heterocycles. The van der Waals surface area contributed by atoms with Gasteiger partial charge in [0.1, 0.15) is 0 Å². The second-order valence-corrected chi connectivity index (χ2v) is 6.07. The highest BCUT2D eigenvalue weighted by Crippen LogP contribution is 2.27. The van der Waals surface area contributed by atoms with E-state index < -0.39 is 5.60 Å². The van der Waals surface area contributed by atoms with Crippen LogP contribution < -0.4 is 5.32 Å². The van der Waals surface area contributed by atoms with Crippen molar-refractivity contribution in [2.24, 2.45) is 0 Å². The lowest BCUT2D eigenvalue weighted by atomic mass is 9.91. The Hall–Kier alpha value is -2.13.